The van der Waals surface area contributed by atoms with Gasteiger partial charge in [-0.1, -0.05) is 31.9 Å². The summed E-state index contributed by atoms with van der Waals surface area (Å²) in [5.41, 5.74) is 0. The standard InChI is InChI=1S/C16H29NO/c1-4-7-14-8-9-16(18)15(12-14)13-17(10-5-2)11-6-3/h5-6,14-16,18H,2-4,7-13H2,1H3. The minimum atomic E-state index is -0.116. The van der Waals surface area contributed by atoms with Gasteiger partial charge < -0.3 is 5.11 Å². The Morgan fingerprint density at radius 1 is 1.22 bits per heavy atom. The second-order valence-electron chi connectivity index (χ2n) is 5.59. The highest BCUT2D eigenvalue weighted by atomic mass is 16.3. The molecule has 0 amide bonds. The number of nitrogens with zero attached hydrogens (tertiary/aromatic N) is 1. The number of aliphatic hydroxyl groups is 1. The fourth-order valence-corrected chi connectivity index (χ4v) is 3.13. The van der Waals surface area contributed by atoms with Crippen LogP contribution in [0, 0.1) is 11.8 Å². The van der Waals surface area contributed by atoms with Crippen LogP contribution in [-0.2, 0) is 0 Å². The van der Waals surface area contributed by atoms with Crippen LogP contribution in [0.5, 0.6) is 0 Å². The van der Waals surface area contributed by atoms with E-state index in [-0.39, 0.29) is 6.10 Å². The van der Waals surface area contributed by atoms with Crippen molar-refractivity contribution < 1.29 is 5.11 Å². The van der Waals surface area contributed by atoms with E-state index in [1.54, 1.807) is 0 Å². The zero-order valence-corrected chi connectivity index (χ0v) is 11.9. The lowest BCUT2D eigenvalue weighted by Gasteiger charge is -2.36. The van der Waals surface area contributed by atoms with E-state index < -0.39 is 0 Å². The average molecular weight is 251 g/mol. The topological polar surface area (TPSA) is 23.5 Å². The molecule has 0 aromatic rings. The van der Waals surface area contributed by atoms with Crippen molar-refractivity contribution in [3.05, 3.63) is 25.3 Å². The van der Waals surface area contributed by atoms with E-state index in [1.807, 2.05) is 12.2 Å². The normalized spacial score (nSPS) is 28.3. The molecule has 1 N–H and O–H groups in total. The summed E-state index contributed by atoms with van der Waals surface area (Å²) < 4.78 is 0. The third kappa shape index (κ3) is 4.95. The molecule has 0 spiro atoms. The van der Waals surface area contributed by atoms with E-state index in [0.717, 1.165) is 32.0 Å². The van der Waals surface area contributed by atoms with Crippen LogP contribution in [0.15, 0.2) is 25.3 Å². The molecule has 2 nitrogen and oxygen atoms in total. The van der Waals surface area contributed by atoms with Gasteiger partial charge in [-0.25, -0.2) is 0 Å². The molecule has 0 heterocycles. The minimum absolute atomic E-state index is 0.116. The monoisotopic (exact) mass is 251 g/mol. The van der Waals surface area contributed by atoms with E-state index >= 15 is 0 Å². The highest BCUT2D eigenvalue weighted by Crippen LogP contribution is 2.32. The van der Waals surface area contributed by atoms with E-state index in [9.17, 15) is 5.11 Å². The Balaban J connectivity index is 2.49. The minimum Gasteiger partial charge on any atom is -0.393 e. The van der Waals surface area contributed by atoms with Gasteiger partial charge in [0, 0.05) is 19.6 Å². The van der Waals surface area contributed by atoms with Gasteiger partial charge in [0.25, 0.3) is 0 Å². The van der Waals surface area contributed by atoms with Crippen molar-refractivity contribution >= 4 is 0 Å². The molecule has 1 aliphatic rings. The third-order valence-electron chi connectivity index (χ3n) is 4.02. The summed E-state index contributed by atoms with van der Waals surface area (Å²) in [4.78, 5) is 2.32. The molecule has 1 rings (SSSR count). The Hall–Kier alpha value is -0.600. The maximum atomic E-state index is 10.2. The van der Waals surface area contributed by atoms with Crippen molar-refractivity contribution in [3.8, 4) is 0 Å². The summed E-state index contributed by atoms with van der Waals surface area (Å²) in [5, 5.41) is 10.2. The summed E-state index contributed by atoms with van der Waals surface area (Å²) in [6.07, 6.45) is 9.68. The van der Waals surface area contributed by atoms with Gasteiger partial charge in [-0.05, 0) is 31.1 Å². The molecule has 1 saturated carbocycles. The molecular formula is C16H29NO. The predicted octanol–water partition coefficient (Wildman–Crippen LogP) is 3.24. The van der Waals surface area contributed by atoms with Crippen LogP contribution in [-0.4, -0.2) is 35.7 Å². The summed E-state index contributed by atoms with van der Waals surface area (Å²) in [6, 6.07) is 0. The predicted molar refractivity (Wildman–Crippen MR) is 78.6 cm³/mol. The number of hydrogen-bond acceptors (Lipinski definition) is 2. The van der Waals surface area contributed by atoms with Crippen molar-refractivity contribution in [2.45, 2.75) is 45.1 Å². The fourth-order valence-electron chi connectivity index (χ4n) is 3.13. The first-order chi connectivity index (χ1) is 8.71. The summed E-state index contributed by atoms with van der Waals surface area (Å²) >= 11 is 0. The molecule has 3 unspecified atom stereocenters. The largest absolute Gasteiger partial charge is 0.393 e. The molecule has 1 aliphatic carbocycles. The lowest BCUT2D eigenvalue weighted by molar-refractivity contribution is 0.0294. The average Bonchev–Trinajstić information content (AvgIpc) is 2.34. The maximum Gasteiger partial charge on any atom is 0.0580 e. The molecule has 0 bridgehead atoms. The fraction of sp³-hybridized carbons (Fsp3) is 0.750. The van der Waals surface area contributed by atoms with E-state index in [4.69, 9.17) is 0 Å². The second kappa shape index (κ2) is 8.49. The van der Waals surface area contributed by atoms with Crippen LogP contribution >= 0.6 is 0 Å². The van der Waals surface area contributed by atoms with Crippen molar-refractivity contribution in [2.24, 2.45) is 11.8 Å². The van der Waals surface area contributed by atoms with Crippen molar-refractivity contribution in [2.75, 3.05) is 19.6 Å². The molecule has 0 aromatic carbocycles. The van der Waals surface area contributed by atoms with E-state index in [0.29, 0.717) is 5.92 Å². The van der Waals surface area contributed by atoms with Crippen LogP contribution in [0.25, 0.3) is 0 Å². The number of rotatable bonds is 8. The van der Waals surface area contributed by atoms with Crippen LogP contribution in [0.4, 0.5) is 0 Å². The summed E-state index contributed by atoms with van der Waals surface area (Å²) in [6.45, 7) is 12.6. The Morgan fingerprint density at radius 2 is 1.89 bits per heavy atom. The molecule has 18 heavy (non-hydrogen) atoms. The van der Waals surface area contributed by atoms with Gasteiger partial charge in [0.05, 0.1) is 6.10 Å². The molecule has 0 aliphatic heterocycles. The highest BCUT2D eigenvalue weighted by molar-refractivity contribution is 4.86. The van der Waals surface area contributed by atoms with Crippen LogP contribution in [0.1, 0.15) is 39.0 Å². The Morgan fingerprint density at radius 3 is 2.44 bits per heavy atom. The SMILES string of the molecule is C=CCN(CC=C)CC1CC(CCC)CCC1O. The van der Waals surface area contributed by atoms with E-state index in [1.165, 1.54) is 25.7 Å². The summed E-state index contributed by atoms with van der Waals surface area (Å²) in [5.74, 6) is 1.24. The van der Waals surface area contributed by atoms with Gasteiger partial charge in [-0.3, -0.25) is 4.90 Å². The first-order valence-electron chi connectivity index (χ1n) is 7.33. The van der Waals surface area contributed by atoms with Gasteiger partial charge in [-0.15, -0.1) is 13.2 Å². The smallest absolute Gasteiger partial charge is 0.0580 e. The Kier molecular flexibility index (Phi) is 7.29. The molecule has 104 valence electrons. The van der Waals surface area contributed by atoms with Gasteiger partial charge >= 0.3 is 0 Å². The maximum absolute atomic E-state index is 10.2. The molecule has 2 heteroatoms. The molecular weight excluding hydrogens is 222 g/mol. The summed E-state index contributed by atoms with van der Waals surface area (Å²) in [7, 11) is 0. The zero-order valence-electron chi connectivity index (χ0n) is 11.9. The molecule has 0 saturated heterocycles. The third-order valence-corrected chi connectivity index (χ3v) is 4.02. The molecule has 0 radical (unpaired) electrons. The van der Waals surface area contributed by atoms with Gasteiger partial charge in [0.2, 0.25) is 0 Å². The van der Waals surface area contributed by atoms with Crippen molar-refractivity contribution in [1.29, 1.82) is 0 Å². The number of aliphatic hydroxyl groups excluding tert-OH is 1. The first-order valence-corrected chi connectivity index (χ1v) is 7.33. The van der Waals surface area contributed by atoms with Crippen LogP contribution < -0.4 is 0 Å². The lowest BCUT2D eigenvalue weighted by Crippen LogP contribution is -2.39. The van der Waals surface area contributed by atoms with Crippen molar-refractivity contribution in [1.82, 2.24) is 4.90 Å². The van der Waals surface area contributed by atoms with Gasteiger partial charge in [-0.2, -0.15) is 0 Å². The zero-order chi connectivity index (χ0) is 13.4. The first kappa shape index (κ1) is 15.5. The van der Waals surface area contributed by atoms with Gasteiger partial charge in [0.1, 0.15) is 0 Å². The quantitative estimate of drug-likeness (QED) is 0.669. The lowest BCUT2D eigenvalue weighted by atomic mass is 9.77. The molecule has 0 aromatic heterocycles. The van der Waals surface area contributed by atoms with E-state index in [2.05, 4.69) is 25.0 Å². The number of hydrogen-bond donors (Lipinski definition) is 1. The molecule has 1 fully saturated rings. The Bertz CT molecular complexity index is 241. The molecule has 3 atom stereocenters. The Labute approximate surface area is 112 Å². The highest BCUT2D eigenvalue weighted by Gasteiger charge is 2.29. The second-order valence-corrected chi connectivity index (χ2v) is 5.59. The van der Waals surface area contributed by atoms with Crippen LogP contribution in [0.2, 0.25) is 0 Å². The van der Waals surface area contributed by atoms with Crippen molar-refractivity contribution in [3.63, 3.8) is 0 Å². The van der Waals surface area contributed by atoms with Crippen LogP contribution in [0.3, 0.4) is 0 Å². The van der Waals surface area contributed by atoms with Gasteiger partial charge in [0.15, 0.2) is 0 Å².